The number of nitrogens with one attached hydrogen (secondary N) is 2. The number of amides is 3. The van der Waals surface area contributed by atoms with Crippen molar-refractivity contribution in [3.63, 3.8) is 0 Å². The highest BCUT2D eigenvalue weighted by Crippen LogP contribution is 2.24. The second-order valence-corrected chi connectivity index (χ2v) is 9.80. The zero-order chi connectivity index (χ0) is 27.2. The predicted molar refractivity (Wildman–Crippen MR) is 151 cm³/mol. The zero-order valence-corrected chi connectivity index (χ0v) is 22.5. The van der Waals surface area contributed by atoms with Gasteiger partial charge in [0.05, 0.1) is 13.2 Å². The van der Waals surface area contributed by atoms with Gasteiger partial charge in [0.2, 0.25) is 17.8 Å². The fourth-order valence-corrected chi connectivity index (χ4v) is 4.62. The Kier molecular flexibility index (Phi) is 8.38. The number of rotatable bonds is 5. The molecule has 39 heavy (non-hydrogen) atoms. The average Bonchev–Trinajstić information content (AvgIpc) is 3.22. The molecule has 0 radical (unpaired) electrons. The van der Waals surface area contributed by atoms with Gasteiger partial charge in [-0.15, -0.1) is 0 Å². The number of benzene rings is 2. The van der Waals surface area contributed by atoms with Crippen LogP contribution in [0.5, 0.6) is 0 Å². The van der Waals surface area contributed by atoms with Gasteiger partial charge < -0.3 is 30.1 Å². The zero-order valence-electron chi connectivity index (χ0n) is 21.8. The van der Waals surface area contributed by atoms with Crippen LogP contribution in [0.4, 0.5) is 28.1 Å². The van der Waals surface area contributed by atoms with Crippen LogP contribution in [0.1, 0.15) is 13.3 Å². The molecule has 2 saturated heterocycles. The molecule has 11 nitrogen and oxygen atoms in total. The monoisotopic (exact) mass is 550 g/mol. The van der Waals surface area contributed by atoms with Gasteiger partial charge >= 0.3 is 6.03 Å². The molecule has 3 amide bonds. The van der Waals surface area contributed by atoms with E-state index in [9.17, 15) is 9.59 Å². The van der Waals surface area contributed by atoms with Crippen molar-refractivity contribution in [1.82, 2.24) is 19.9 Å². The van der Waals surface area contributed by atoms with E-state index in [1.165, 1.54) is 0 Å². The van der Waals surface area contributed by atoms with Gasteiger partial charge in [-0.25, -0.2) is 4.79 Å². The first-order valence-corrected chi connectivity index (χ1v) is 13.4. The maximum Gasteiger partial charge on any atom is 0.323 e. The summed E-state index contributed by atoms with van der Waals surface area (Å²) in [5.41, 5.74) is 2.07. The molecule has 0 bridgehead atoms. The Bertz CT molecular complexity index is 1300. The van der Waals surface area contributed by atoms with Crippen molar-refractivity contribution in [2.75, 3.05) is 72.9 Å². The van der Waals surface area contributed by atoms with Crippen molar-refractivity contribution in [2.45, 2.75) is 13.3 Å². The Morgan fingerprint density at radius 2 is 1.36 bits per heavy atom. The molecule has 204 valence electrons. The summed E-state index contributed by atoms with van der Waals surface area (Å²) in [6.45, 7) is 6.99. The molecule has 2 aliphatic heterocycles. The Hall–Kier alpha value is -3.96. The lowest BCUT2D eigenvalue weighted by Crippen LogP contribution is -2.38. The number of urea groups is 1. The first-order chi connectivity index (χ1) is 18.9. The second kappa shape index (κ2) is 12.3. The number of carbonyl (C=O) groups excluding carboxylic acids is 2. The molecule has 0 atom stereocenters. The maximum atomic E-state index is 12.4. The molecule has 0 unspecified atom stereocenters. The highest BCUT2D eigenvalue weighted by molar-refractivity contribution is 6.30. The van der Waals surface area contributed by atoms with E-state index in [-0.39, 0.29) is 11.9 Å². The van der Waals surface area contributed by atoms with E-state index in [1.54, 1.807) is 31.2 Å². The van der Waals surface area contributed by atoms with Crippen LogP contribution < -0.4 is 20.4 Å². The lowest BCUT2D eigenvalue weighted by Gasteiger charge is -2.28. The minimum Gasteiger partial charge on any atom is -0.378 e. The summed E-state index contributed by atoms with van der Waals surface area (Å²) < 4.78 is 5.51. The van der Waals surface area contributed by atoms with Crippen LogP contribution in [0.15, 0.2) is 48.5 Å². The number of halogens is 1. The molecule has 12 heteroatoms. The molecule has 0 aliphatic carbocycles. The fourth-order valence-electron chi connectivity index (χ4n) is 4.49. The summed E-state index contributed by atoms with van der Waals surface area (Å²) in [5, 5.41) is 6.21. The highest BCUT2D eigenvalue weighted by Gasteiger charge is 2.22. The van der Waals surface area contributed by atoms with E-state index >= 15 is 0 Å². The van der Waals surface area contributed by atoms with Gasteiger partial charge in [0.1, 0.15) is 0 Å². The van der Waals surface area contributed by atoms with E-state index in [4.69, 9.17) is 31.3 Å². The SMILES string of the molecule is CC(=O)N1CCCN(c2nc(-c3ccc(NC(=O)Nc4ccc(Cl)cc4)cc3)nc(N3CCOCC3)n2)CC1. The van der Waals surface area contributed by atoms with Gasteiger partial charge in [-0.05, 0) is 55.0 Å². The van der Waals surface area contributed by atoms with Crippen LogP contribution in [0, 0.1) is 0 Å². The normalized spacial score (nSPS) is 16.0. The number of hydrogen-bond donors (Lipinski definition) is 2. The first kappa shape index (κ1) is 26.6. The van der Waals surface area contributed by atoms with Crippen molar-refractivity contribution in [2.24, 2.45) is 0 Å². The van der Waals surface area contributed by atoms with Crippen LogP contribution in [-0.4, -0.2) is 84.3 Å². The van der Waals surface area contributed by atoms with Crippen LogP contribution in [0.3, 0.4) is 0 Å². The Labute approximate surface area is 232 Å². The lowest BCUT2D eigenvalue weighted by atomic mass is 10.2. The number of morpholine rings is 1. The summed E-state index contributed by atoms with van der Waals surface area (Å²) in [5.74, 6) is 1.83. The molecule has 0 spiro atoms. The number of nitrogens with zero attached hydrogens (tertiary/aromatic N) is 6. The van der Waals surface area contributed by atoms with Gasteiger partial charge in [-0.1, -0.05) is 11.6 Å². The Morgan fingerprint density at radius 1 is 0.769 bits per heavy atom. The molecule has 2 N–H and O–H groups in total. The Morgan fingerprint density at radius 3 is 1.97 bits per heavy atom. The molecular formula is C27H31ClN8O3. The standard InChI is InChI=1S/C27H31ClN8O3/c1-19(37)34-11-2-12-35(14-13-34)25-31-24(32-26(33-25)36-15-17-39-18-16-36)20-3-7-22(8-4-20)29-27(38)30-23-9-5-21(28)6-10-23/h3-10H,2,11-18H2,1H3,(H2,29,30,38). The van der Waals surface area contributed by atoms with E-state index in [2.05, 4.69) is 20.4 Å². The minimum absolute atomic E-state index is 0.0812. The van der Waals surface area contributed by atoms with Crippen LogP contribution in [0.25, 0.3) is 11.4 Å². The molecule has 1 aromatic heterocycles. The summed E-state index contributed by atoms with van der Waals surface area (Å²) in [4.78, 5) is 44.8. The van der Waals surface area contributed by atoms with E-state index < -0.39 is 0 Å². The maximum absolute atomic E-state index is 12.4. The second-order valence-electron chi connectivity index (χ2n) is 9.37. The molecule has 3 aromatic rings. The highest BCUT2D eigenvalue weighted by atomic mass is 35.5. The summed E-state index contributed by atoms with van der Waals surface area (Å²) >= 11 is 5.91. The van der Waals surface area contributed by atoms with Gasteiger partial charge in [0.25, 0.3) is 0 Å². The first-order valence-electron chi connectivity index (χ1n) is 13.0. The third-order valence-electron chi connectivity index (χ3n) is 6.63. The fraction of sp³-hybridized carbons (Fsp3) is 0.370. The molecule has 2 fully saturated rings. The predicted octanol–water partition coefficient (Wildman–Crippen LogP) is 3.73. The summed E-state index contributed by atoms with van der Waals surface area (Å²) in [6.07, 6.45) is 0.839. The molecule has 2 aliphatic rings. The van der Waals surface area contributed by atoms with Gasteiger partial charge in [-0.2, -0.15) is 15.0 Å². The van der Waals surface area contributed by atoms with Gasteiger partial charge in [-0.3, -0.25) is 4.79 Å². The third kappa shape index (κ3) is 6.92. The minimum atomic E-state index is -0.358. The number of aromatic nitrogens is 3. The van der Waals surface area contributed by atoms with Gasteiger partial charge in [0, 0.05) is 68.2 Å². The number of ether oxygens (including phenoxy) is 1. The van der Waals surface area contributed by atoms with Crippen molar-refractivity contribution < 1.29 is 14.3 Å². The summed E-state index contributed by atoms with van der Waals surface area (Å²) in [6, 6.07) is 13.9. The average molecular weight is 551 g/mol. The smallest absolute Gasteiger partial charge is 0.323 e. The molecule has 3 heterocycles. The molecule has 2 aromatic carbocycles. The topological polar surface area (TPSA) is 116 Å². The quantitative estimate of drug-likeness (QED) is 0.494. The largest absolute Gasteiger partial charge is 0.378 e. The molecular weight excluding hydrogens is 520 g/mol. The Balaban J connectivity index is 1.35. The van der Waals surface area contributed by atoms with E-state index in [1.807, 2.05) is 29.2 Å². The van der Waals surface area contributed by atoms with Crippen molar-refractivity contribution in [1.29, 1.82) is 0 Å². The molecule has 0 saturated carbocycles. The number of hydrogen-bond acceptors (Lipinski definition) is 8. The van der Waals surface area contributed by atoms with Crippen molar-refractivity contribution in [3.8, 4) is 11.4 Å². The van der Waals surface area contributed by atoms with E-state index in [0.29, 0.717) is 73.5 Å². The summed E-state index contributed by atoms with van der Waals surface area (Å²) in [7, 11) is 0. The van der Waals surface area contributed by atoms with Gasteiger partial charge in [0.15, 0.2) is 5.82 Å². The van der Waals surface area contributed by atoms with Crippen LogP contribution in [-0.2, 0) is 9.53 Å². The van der Waals surface area contributed by atoms with Crippen molar-refractivity contribution in [3.05, 3.63) is 53.6 Å². The van der Waals surface area contributed by atoms with E-state index in [0.717, 1.165) is 25.1 Å². The number of anilines is 4. The third-order valence-corrected chi connectivity index (χ3v) is 6.88. The van der Waals surface area contributed by atoms with Crippen LogP contribution >= 0.6 is 11.6 Å². The van der Waals surface area contributed by atoms with Crippen molar-refractivity contribution >= 4 is 46.8 Å². The number of carbonyl (C=O) groups is 2. The lowest BCUT2D eigenvalue weighted by molar-refractivity contribution is -0.128. The van der Waals surface area contributed by atoms with Crippen LogP contribution in [0.2, 0.25) is 5.02 Å². The molecule has 5 rings (SSSR count).